The van der Waals surface area contributed by atoms with Crippen molar-refractivity contribution in [1.82, 2.24) is 15.2 Å². The van der Waals surface area contributed by atoms with Crippen LogP contribution in [-0.2, 0) is 6.61 Å². The fourth-order valence-corrected chi connectivity index (χ4v) is 3.29. The maximum atomic E-state index is 14.0. The summed E-state index contributed by atoms with van der Waals surface area (Å²) < 4.78 is 47.8. The summed E-state index contributed by atoms with van der Waals surface area (Å²) in [5.41, 5.74) is 2.09. The Hall–Kier alpha value is -3.61. The molecule has 1 atom stereocenters. The van der Waals surface area contributed by atoms with E-state index in [9.17, 15) is 13.2 Å². The third-order valence-corrected chi connectivity index (χ3v) is 4.74. The number of alkyl halides is 3. The van der Waals surface area contributed by atoms with Gasteiger partial charge >= 0.3 is 6.18 Å². The molecule has 2 heterocycles. The van der Waals surface area contributed by atoms with E-state index in [4.69, 9.17) is 4.74 Å². The maximum Gasteiger partial charge on any atom is 0.401 e. The van der Waals surface area contributed by atoms with Gasteiger partial charge in [-0.05, 0) is 41.0 Å². The Balaban J connectivity index is 1.61. The summed E-state index contributed by atoms with van der Waals surface area (Å²) in [6.45, 7) is 0.343. The molecule has 4 nitrogen and oxygen atoms in total. The van der Waals surface area contributed by atoms with Crippen LogP contribution in [0.5, 0.6) is 5.75 Å². The minimum Gasteiger partial charge on any atom is -0.489 e. The molecule has 0 aliphatic rings. The summed E-state index contributed by atoms with van der Waals surface area (Å²) in [5, 5.41) is 6.42. The lowest BCUT2D eigenvalue weighted by molar-refractivity contribution is -0.141. The molecule has 2 aromatic carbocycles. The van der Waals surface area contributed by atoms with Crippen molar-refractivity contribution in [3.8, 4) is 16.9 Å². The monoisotopic (exact) mass is 409 g/mol. The molecular weight excluding hydrogens is 391 g/mol. The zero-order chi connectivity index (χ0) is 21.0. The van der Waals surface area contributed by atoms with E-state index in [1.54, 1.807) is 24.3 Å². The molecule has 0 aliphatic heterocycles. The molecule has 1 N–H and O–H groups in total. The average molecular weight is 409 g/mol. The molecule has 30 heavy (non-hydrogen) atoms. The highest BCUT2D eigenvalue weighted by molar-refractivity contribution is 5.66. The van der Waals surface area contributed by atoms with E-state index in [1.807, 2.05) is 30.3 Å². The minimum atomic E-state index is -4.50. The third-order valence-electron chi connectivity index (χ3n) is 4.74. The molecule has 0 spiro atoms. The van der Waals surface area contributed by atoms with Crippen molar-refractivity contribution in [2.75, 3.05) is 0 Å². The van der Waals surface area contributed by atoms with Crippen LogP contribution in [0.2, 0.25) is 0 Å². The van der Waals surface area contributed by atoms with Gasteiger partial charge < -0.3 is 4.74 Å². The fourth-order valence-electron chi connectivity index (χ4n) is 3.29. The van der Waals surface area contributed by atoms with Gasteiger partial charge in [0.15, 0.2) is 0 Å². The largest absolute Gasteiger partial charge is 0.489 e. The maximum absolute atomic E-state index is 14.0. The Labute approximate surface area is 171 Å². The van der Waals surface area contributed by atoms with E-state index in [-0.39, 0.29) is 11.3 Å². The first-order chi connectivity index (χ1) is 14.5. The third kappa shape index (κ3) is 4.35. The molecule has 4 rings (SSSR count). The number of halogens is 3. The van der Waals surface area contributed by atoms with Crippen molar-refractivity contribution in [2.24, 2.45) is 0 Å². The number of rotatable bonds is 6. The standard InChI is InChI=1S/C23H18F3N3O/c24-23(25,26)21(22-20(14-28-29-22)17-10-12-27-13-11-17)18-6-8-19(9-7-18)30-15-16-4-2-1-3-5-16/h1-14,21H,15H2,(H,28,29). The number of H-pyrrole nitrogens is 1. The van der Waals surface area contributed by atoms with Gasteiger partial charge in [0.25, 0.3) is 0 Å². The second-order valence-electron chi connectivity index (χ2n) is 6.75. The minimum absolute atomic E-state index is 0.00773. The second-order valence-corrected chi connectivity index (χ2v) is 6.75. The van der Waals surface area contributed by atoms with Gasteiger partial charge in [0.2, 0.25) is 0 Å². The van der Waals surface area contributed by atoms with Crippen molar-refractivity contribution < 1.29 is 17.9 Å². The molecule has 0 amide bonds. The van der Waals surface area contributed by atoms with Crippen LogP contribution in [0, 0.1) is 0 Å². The van der Waals surface area contributed by atoms with Gasteiger partial charge in [-0.3, -0.25) is 10.1 Å². The van der Waals surface area contributed by atoms with Gasteiger partial charge in [-0.15, -0.1) is 0 Å². The number of pyridine rings is 1. The van der Waals surface area contributed by atoms with Gasteiger partial charge in [0, 0.05) is 18.0 Å². The van der Waals surface area contributed by atoms with E-state index in [0.29, 0.717) is 23.5 Å². The van der Waals surface area contributed by atoms with Crippen molar-refractivity contribution in [3.63, 3.8) is 0 Å². The lowest BCUT2D eigenvalue weighted by Crippen LogP contribution is -2.23. The van der Waals surface area contributed by atoms with Gasteiger partial charge in [0.05, 0.1) is 11.9 Å². The first-order valence-electron chi connectivity index (χ1n) is 9.29. The number of benzene rings is 2. The van der Waals surface area contributed by atoms with Gasteiger partial charge in [-0.2, -0.15) is 18.3 Å². The smallest absolute Gasteiger partial charge is 0.401 e. The Morgan fingerprint density at radius 2 is 1.60 bits per heavy atom. The molecule has 7 heteroatoms. The number of hydrogen-bond donors (Lipinski definition) is 1. The lowest BCUT2D eigenvalue weighted by Gasteiger charge is -2.21. The molecule has 0 fully saturated rings. The fraction of sp³-hybridized carbons (Fsp3) is 0.130. The number of ether oxygens (including phenoxy) is 1. The Kier molecular flexibility index (Phi) is 5.52. The normalized spacial score (nSPS) is 12.5. The summed E-state index contributed by atoms with van der Waals surface area (Å²) in [6, 6.07) is 18.9. The molecule has 0 saturated heterocycles. The van der Waals surface area contributed by atoms with E-state index >= 15 is 0 Å². The molecule has 0 aliphatic carbocycles. The van der Waals surface area contributed by atoms with E-state index in [1.165, 1.54) is 30.7 Å². The van der Waals surface area contributed by atoms with Gasteiger partial charge in [0.1, 0.15) is 18.3 Å². The molecular formula is C23H18F3N3O. The van der Waals surface area contributed by atoms with Crippen LogP contribution in [0.3, 0.4) is 0 Å². The number of nitrogens with zero attached hydrogens (tertiary/aromatic N) is 2. The molecule has 0 radical (unpaired) electrons. The molecule has 0 bridgehead atoms. The first-order valence-corrected chi connectivity index (χ1v) is 9.29. The highest BCUT2D eigenvalue weighted by atomic mass is 19.4. The quantitative estimate of drug-likeness (QED) is 0.441. The summed E-state index contributed by atoms with van der Waals surface area (Å²) in [5.74, 6) is -1.34. The summed E-state index contributed by atoms with van der Waals surface area (Å²) in [6.07, 6.45) is -0.0252. The number of nitrogens with one attached hydrogen (secondary N) is 1. The van der Waals surface area contributed by atoms with Crippen molar-refractivity contribution in [1.29, 1.82) is 0 Å². The summed E-state index contributed by atoms with van der Waals surface area (Å²) >= 11 is 0. The van der Waals surface area contributed by atoms with Crippen LogP contribution in [0.15, 0.2) is 85.3 Å². The zero-order valence-electron chi connectivity index (χ0n) is 15.8. The van der Waals surface area contributed by atoms with E-state index in [0.717, 1.165) is 5.56 Å². The number of hydrogen-bond acceptors (Lipinski definition) is 3. The number of aromatic nitrogens is 3. The SMILES string of the molecule is FC(F)(F)C(c1ccc(OCc2ccccc2)cc1)c1[nH]ncc1-c1ccncc1. The summed E-state index contributed by atoms with van der Waals surface area (Å²) in [4.78, 5) is 3.92. The van der Waals surface area contributed by atoms with Gasteiger partial charge in [-0.25, -0.2) is 0 Å². The highest BCUT2D eigenvalue weighted by Crippen LogP contribution is 2.43. The molecule has 2 aromatic heterocycles. The topological polar surface area (TPSA) is 50.8 Å². The molecule has 4 aromatic rings. The molecule has 1 unspecified atom stereocenters. The van der Waals surface area contributed by atoms with Crippen molar-refractivity contribution >= 4 is 0 Å². The van der Waals surface area contributed by atoms with Crippen LogP contribution in [-0.4, -0.2) is 21.4 Å². The van der Waals surface area contributed by atoms with Crippen LogP contribution < -0.4 is 4.74 Å². The van der Waals surface area contributed by atoms with Crippen LogP contribution in [0.1, 0.15) is 22.7 Å². The lowest BCUT2D eigenvalue weighted by atomic mass is 9.91. The van der Waals surface area contributed by atoms with Crippen LogP contribution in [0.25, 0.3) is 11.1 Å². The number of aromatic amines is 1. The Morgan fingerprint density at radius 1 is 0.900 bits per heavy atom. The van der Waals surface area contributed by atoms with Gasteiger partial charge in [-0.1, -0.05) is 42.5 Å². The first kappa shape index (κ1) is 19.7. The Bertz CT molecular complexity index is 1080. The van der Waals surface area contributed by atoms with Crippen LogP contribution in [0.4, 0.5) is 13.2 Å². The van der Waals surface area contributed by atoms with E-state index in [2.05, 4.69) is 15.2 Å². The predicted molar refractivity (Wildman–Crippen MR) is 107 cm³/mol. The summed E-state index contributed by atoms with van der Waals surface area (Å²) in [7, 11) is 0. The second kappa shape index (κ2) is 8.41. The van der Waals surface area contributed by atoms with Crippen LogP contribution >= 0.6 is 0 Å². The molecule has 152 valence electrons. The van der Waals surface area contributed by atoms with E-state index < -0.39 is 12.1 Å². The van der Waals surface area contributed by atoms with Crippen molar-refractivity contribution in [2.45, 2.75) is 18.7 Å². The molecule has 0 saturated carbocycles. The highest BCUT2D eigenvalue weighted by Gasteiger charge is 2.44. The Morgan fingerprint density at radius 3 is 2.27 bits per heavy atom. The predicted octanol–water partition coefficient (Wildman–Crippen LogP) is 5.74. The zero-order valence-corrected chi connectivity index (χ0v) is 15.8. The average Bonchev–Trinajstić information content (AvgIpc) is 3.23. The van der Waals surface area contributed by atoms with Crippen molar-refractivity contribution in [3.05, 3.63) is 102 Å².